The van der Waals surface area contributed by atoms with E-state index in [1.807, 2.05) is 61.1 Å². The number of amides is 1. The lowest BCUT2D eigenvalue weighted by atomic mass is 10.1. The highest BCUT2D eigenvalue weighted by Gasteiger charge is 2.21. The van der Waals surface area contributed by atoms with Crippen LogP contribution in [0.15, 0.2) is 48.8 Å². The third-order valence-electron chi connectivity index (χ3n) is 3.55. The van der Waals surface area contributed by atoms with Crippen LogP contribution in [0.1, 0.15) is 35.1 Å². The summed E-state index contributed by atoms with van der Waals surface area (Å²) in [5, 5.41) is 3.72. The summed E-state index contributed by atoms with van der Waals surface area (Å²) >= 11 is 1.39. The normalized spacial score (nSPS) is 10.8. The maximum atomic E-state index is 12.7. The molecular weight excluding hydrogens is 322 g/mol. The molecule has 1 N–H and O–H groups in total. The number of hydrogen-bond acceptors (Lipinski definition) is 4. The van der Waals surface area contributed by atoms with Crippen molar-refractivity contribution >= 4 is 22.9 Å². The third-order valence-corrected chi connectivity index (χ3v) is 4.63. The van der Waals surface area contributed by atoms with E-state index in [1.54, 1.807) is 13.2 Å². The van der Waals surface area contributed by atoms with Gasteiger partial charge in [-0.3, -0.25) is 4.79 Å². The fraction of sp³-hybridized carbons (Fsp3) is 0.222. The molecule has 0 saturated heterocycles. The quantitative estimate of drug-likeness (QED) is 0.752. The van der Waals surface area contributed by atoms with Gasteiger partial charge >= 0.3 is 0 Å². The van der Waals surface area contributed by atoms with Crippen LogP contribution in [0.25, 0.3) is 5.13 Å². The molecule has 1 aromatic carbocycles. The number of carbonyl (C=O) groups is 1. The van der Waals surface area contributed by atoms with Crippen LogP contribution in [0.2, 0.25) is 0 Å². The zero-order chi connectivity index (χ0) is 17.1. The number of nitrogens with one attached hydrogen (secondary N) is 1. The Morgan fingerprint density at radius 1 is 1.25 bits per heavy atom. The van der Waals surface area contributed by atoms with Gasteiger partial charge < -0.3 is 14.6 Å². The molecule has 0 aliphatic rings. The van der Waals surface area contributed by atoms with Gasteiger partial charge in [0.25, 0.3) is 5.91 Å². The van der Waals surface area contributed by atoms with Gasteiger partial charge in [-0.05, 0) is 30.2 Å². The second kappa shape index (κ2) is 6.88. The van der Waals surface area contributed by atoms with E-state index < -0.39 is 0 Å². The van der Waals surface area contributed by atoms with Gasteiger partial charge in [-0.25, -0.2) is 4.98 Å². The Morgan fingerprint density at radius 2 is 2.00 bits per heavy atom. The summed E-state index contributed by atoms with van der Waals surface area (Å²) in [6.07, 6.45) is 3.85. The first-order valence-electron chi connectivity index (χ1n) is 7.68. The molecule has 6 heteroatoms. The lowest BCUT2D eigenvalue weighted by Crippen LogP contribution is -2.13. The van der Waals surface area contributed by atoms with E-state index in [4.69, 9.17) is 4.74 Å². The molecule has 0 unspecified atom stereocenters. The second-order valence-corrected chi connectivity index (χ2v) is 6.62. The van der Waals surface area contributed by atoms with Crippen LogP contribution >= 0.6 is 11.3 Å². The smallest absolute Gasteiger partial charge is 0.267 e. The van der Waals surface area contributed by atoms with E-state index in [-0.39, 0.29) is 11.8 Å². The van der Waals surface area contributed by atoms with Gasteiger partial charge in [0.2, 0.25) is 0 Å². The zero-order valence-corrected chi connectivity index (χ0v) is 14.6. The molecule has 0 radical (unpaired) electrons. The molecule has 2 aromatic heterocycles. The number of anilines is 1. The molecule has 3 rings (SSSR count). The van der Waals surface area contributed by atoms with E-state index in [1.165, 1.54) is 11.3 Å². The summed E-state index contributed by atoms with van der Waals surface area (Å²) < 4.78 is 7.11. The lowest BCUT2D eigenvalue weighted by molar-refractivity contribution is 0.102. The number of thiazole rings is 1. The average Bonchev–Trinajstić information content (AvgIpc) is 3.24. The Balaban J connectivity index is 1.91. The van der Waals surface area contributed by atoms with Gasteiger partial charge in [0.1, 0.15) is 10.6 Å². The first-order chi connectivity index (χ1) is 11.6. The molecule has 0 fully saturated rings. The highest BCUT2D eigenvalue weighted by molar-refractivity contribution is 7.16. The Morgan fingerprint density at radius 3 is 2.67 bits per heavy atom. The third kappa shape index (κ3) is 3.33. The molecule has 0 atom stereocenters. The van der Waals surface area contributed by atoms with Crippen molar-refractivity contribution < 1.29 is 9.53 Å². The fourth-order valence-electron chi connectivity index (χ4n) is 2.34. The Labute approximate surface area is 144 Å². The van der Waals surface area contributed by atoms with Crippen LogP contribution < -0.4 is 10.1 Å². The summed E-state index contributed by atoms with van der Waals surface area (Å²) in [4.78, 5) is 18.0. The van der Waals surface area contributed by atoms with Gasteiger partial charge in [-0.1, -0.05) is 31.3 Å². The van der Waals surface area contributed by atoms with Crippen molar-refractivity contribution in [3.63, 3.8) is 0 Å². The maximum absolute atomic E-state index is 12.7. The Bertz CT molecular complexity index is 838. The first kappa shape index (κ1) is 16.3. The number of nitrogens with zero attached hydrogens (tertiary/aromatic N) is 2. The topological polar surface area (TPSA) is 56.1 Å². The van der Waals surface area contributed by atoms with Crippen molar-refractivity contribution in [3.8, 4) is 10.9 Å². The first-order valence-corrected chi connectivity index (χ1v) is 8.49. The number of aromatic nitrogens is 2. The molecule has 0 aliphatic heterocycles. The number of rotatable bonds is 5. The van der Waals surface area contributed by atoms with Crippen LogP contribution in [-0.4, -0.2) is 22.6 Å². The van der Waals surface area contributed by atoms with E-state index in [0.29, 0.717) is 16.3 Å². The molecule has 0 aliphatic carbocycles. The van der Waals surface area contributed by atoms with E-state index >= 15 is 0 Å². The molecule has 3 aromatic rings. The SMILES string of the molecule is COc1cccc(NC(=O)c2sc(-n3cccc3)nc2C(C)C)c1. The number of methoxy groups -OCH3 is 1. The minimum atomic E-state index is -0.150. The molecule has 5 nitrogen and oxygen atoms in total. The summed E-state index contributed by atoms with van der Waals surface area (Å²) in [7, 11) is 1.60. The van der Waals surface area contributed by atoms with E-state index in [9.17, 15) is 4.79 Å². The maximum Gasteiger partial charge on any atom is 0.267 e. The minimum absolute atomic E-state index is 0.150. The van der Waals surface area contributed by atoms with Crippen LogP contribution in [0.5, 0.6) is 5.75 Å². The van der Waals surface area contributed by atoms with Crippen molar-refractivity contribution in [2.24, 2.45) is 0 Å². The van der Waals surface area contributed by atoms with Gasteiger partial charge in [-0.15, -0.1) is 0 Å². The van der Waals surface area contributed by atoms with Crippen LogP contribution in [0.4, 0.5) is 5.69 Å². The Hall–Kier alpha value is -2.60. The van der Waals surface area contributed by atoms with Crippen molar-refractivity contribution in [3.05, 3.63) is 59.4 Å². The highest BCUT2D eigenvalue weighted by atomic mass is 32.1. The minimum Gasteiger partial charge on any atom is -0.497 e. The molecular formula is C18H19N3O2S. The van der Waals surface area contributed by atoms with Crippen LogP contribution in [-0.2, 0) is 0 Å². The van der Waals surface area contributed by atoms with Gasteiger partial charge in [0, 0.05) is 24.1 Å². The summed E-state index contributed by atoms with van der Waals surface area (Å²) in [6, 6.07) is 11.2. The lowest BCUT2D eigenvalue weighted by Gasteiger charge is -2.08. The molecule has 0 spiro atoms. The summed E-state index contributed by atoms with van der Waals surface area (Å²) in [6.45, 7) is 4.08. The molecule has 2 heterocycles. The highest BCUT2D eigenvalue weighted by Crippen LogP contribution is 2.28. The molecule has 124 valence electrons. The van der Waals surface area contributed by atoms with Crippen molar-refractivity contribution in [1.29, 1.82) is 0 Å². The predicted octanol–water partition coefficient (Wildman–Crippen LogP) is 4.32. The molecule has 0 bridgehead atoms. The largest absolute Gasteiger partial charge is 0.497 e. The molecule has 0 saturated carbocycles. The summed E-state index contributed by atoms with van der Waals surface area (Å²) in [5.74, 6) is 0.716. The number of carbonyl (C=O) groups excluding carboxylic acids is 1. The molecule has 24 heavy (non-hydrogen) atoms. The van der Waals surface area contributed by atoms with Crippen LogP contribution in [0, 0.1) is 0 Å². The second-order valence-electron chi connectivity index (χ2n) is 5.64. The monoisotopic (exact) mass is 341 g/mol. The van der Waals surface area contributed by atoms with Crippen molar-refractivity contribution in [1.82, 2.24) is 9.55 Å². The van der Waals surface area contributed by atoms with Gasteiger partial charge in [0.05, 0.1) is 12.8 Å². The number of hydrogen-bond donors (Lipinski definition) is 1. The average molecular weight is 341 g/mol. The van der Waals surface area contributed by atoms with Gasteiger partial charge in [0.15, 0.2) is 5.13 Å². The number of ether oxygens (including phenoxy) is 1. The summed E-state index contributed by atoms with van der Waals surface area (Å²) in [5.41, 5.74) is 1.51. The van der Waals surface area contributed by atoms with E-state index in [0.717, 1.165) is 10.8 Å². The fourth-order valence-corrected chi connectivity index (χ4v) is 3.42. The molecule has 1 amide bonds. The standard InChI is InChI=1S/C18H19N3O2S/c1-12(2)15-16(24-18(20-15)21-9-4-5-10-21)17(22)19-13-7-6-8-14(11-13)23-3/h4-12H,1-3H3,(H,19,22). The van der Waals surface area contributed by atoms with Gasteiger partial charge in [-0.2, -0.15) is 0 Å². The van der Waals surface area contributed by atoms with Crippen molar-refractivity contribution in [2.75, 3.05) is 12.4 Å². The van der Waals surface area contributed by atoms with Crippen molar-refractivity contribution in [2.45, 2.75) is 19.8 Å². The van der Waals surface area contributed by atoms with Crippen LogP contribution in [0.3, 0.4) is 0 Å². The predicted molar refractivity (Wildman–Crippen MR) is 96.5 cm³/mol. The zero-order valence-electron chi connectivity index (χ0n) is 13.8. The number of benzene rings is 1. The van der Waals surface area contributed by atoms with E-state index in [2.05, 4.69) is 10.3 Å². The Kier molecular flexibility index (Phi) is 4.66.